The Morgan fingerprint density at radius 1 is 1.12 bits per heavy atom. The van der Waals surface area contributed by atoms with E-state index in [1.165, 1.54) is 24.2 Å². The Morgan fingerprint density at radius 2 is 1.82 bits per heavy atom. The lowest BCUT2D eigenvalue weighted by Crippen LogP contribution is -2.42. The molecule has 1 atom stereocenters. The van der Waals surface area contributed by atoms with Crippen molar-refractivity contribution < 1.29 is 19.1 Å². The zero-order chi connectivity index (χ0) is 24.5. The van der Waals surface area contributed by atoms with Gasteiger partial charge in [0.1, 0.15) is 12.4 Å². The van der Waals surface area contributed by atoms with Crippen molar-refractivity contribution in [3.63, 3.8) is 0 Å². The Balaban J connectivity index is 1.62. The fourth-order valence-corrected chi connectivity index (χ4v) is 3.09. The smallest absolute Gasteiger partial charge is 0.411 e. The van der Waals surface area contributed by atoms with Gasteiger partial charge in [-0.25, -0.2) is 4.79 Å². The number of methoxy groups -OCH3 is 1. The Bertz CT molecular complexity index is 1180. The van der Waals surface area contributed by atoms with Crippen molar-refractivity contribution in [2.24, 2.45) is 0 Å². The third-order valence-electron chi connectivity index (χ3n) is 4.63. The lowest BCUT2D eigenvalue weighted by atomic mass is 10.1. The number of carbonyl (C=O) groups excluding carboxylic acids is 3. The van der Waals surface area contributed by atoms with Gasteiger partial charge in [-0.3, -0.25) is 14.9 Å². The highest BCUT2D eigenvalue weighted by molar-refractivity contribution is 6.30. The number of tetrazole rings is 1. The minimum atomic E-state index is -0.761. The van der Waals surface area contributed by atoms with E-state index in [9.17, 15) is 14.4 Å². The molecule has 0 saturated heterocycles. The van der Waals surface area contributed by atoms with Crippen LogP contribution in [0.15, 0.2) is 54.9 Å². The number of amides is 3. The molecule has 2 aromatic carbocycles. The van der Waals surface area contributed by atoms with Gasteiger partial charge in [-0.15, -0.1) is 5.10 Å². The summed E-state index contributed by atoms with van der Waals surface area (Å²) in [5.74, 6) is -0.836. The van der Waals surface area contributed by atoms with Gasteiger partial charge in [0.15, 0.2) is 0 Å². The van der Waals surface area contributed by atoms with Crippen LogP contribution < -0.4 is 16.0 Å². The van der Waals surface area contributed by atoms with E-state index in [2.05, 4.69) is 36.2 Å². The van der Waals surface area contributed by atoms with Crippen molar-refractivity contribution >= 4 is 47.0 Å². The number of hydrogen-bond donors (Lipinski definition) is 3. The Labute approximate surface area is 200 Å². The summed E-state index contributed by atoms with van der Waals surface area (Å²) in [6, 6.07) is 10.8. The number of benzene rings is 2. The summed E-state index contributed by atoms with van der Waals surface area (Å²) in [5, 5.41) is 19.5. The van der Waals surface area contributed by atoms with E-state index >= 15 is 0 Å². The minimum absolute atomic E-state index is 0.375. The molecule has 0 aliphatic carbocycles. The van der Waals surface area contributed by atoms with Crippen molar-refractivity contribution in [3.8, 4) is 5.69 Å². The van der Waals surface area contributed by atoms with Crippen LogP contribution in [0.3, 0.4) is 0 Å². The first-order valence-corrected chi connectivity index (χ1v) is 10.5. The van der Waals surface area contributed by atoms with E-state index in [1.807, 2.05) is 0 Å². The van der Waals surface area contributed by atoms with Crippen molar-refractivity contribution in [1.29, 1.82) is 0 Å². The highest BCUT2D eigenvalue weighted by atomic mass is 35.5. The quantitative estimate of drug-likeness (QED) is 0.418. The molecule has 0 spiro atoms. The van der Waals surface area contributed by atoms with Crippen molar-refractivity contribution in [2.45, 2.75) is 19.4 Å². The number of hydrogen-bond acceptors (Lipinski definition) is 7. The predicted molar refractivity (Wildman–Crippen MR) is 127 cm³/mol. The van der Waals surface area contributed by atoms with Crippen LogP contribution in [0, 0.1) is 0 Å². The summed E-state index contributed by atoms with van der Waals surface area (Å²) >= 11 is 6.09. The maximum Gasteiger partial charge on any atom is 0.411 e. The largest absolute Gasteiger partial charge is 0.453 e. The van der Waals surface area contributed by atoms with Gasteiger partial charge < -0.3 is 15.4 Å². The third kappa shape index (κ3) is 6.62. The molecule has 12 heteroatoms. The molecule has 3 amide bonds. The van der Waals surface area contributed by atoms with Gasteiger partial charge in [0.25, 0.3) is 0 Å². The zero-order valence-electron chi connectivity index (χ0n) is 18.4. The maximum absolute atomic E-state index is 12.6. The van der Waals surface area contributed by atoms with Crippen LogP contribution in [-0.2, 0) is 14.3 Å². The summed E-state index contributed by atoms with van der Waals surface area (Å²) in [4.78, 5) is 36.4. The SMILES string of the molecule is CC[C@H](NC(=O)C=Cc1cc(Cl)ccc1-n1cnnn1)C(=O)Nc1ccc(NC(=O)OC)cc1. The third-order valence-corrected chi connectivity index (χ3v) is 4.86. The standard InChI is InChI=1S/C22H22ClN7O4/c1-3-18(21(32)25-16-6-8-17(9-7-16)26-22(33)34-2)27-20(31)11-4-14-12-15(23)5-10-19(14)30-13-24-28-29-30/h4-13,18H,3H2,1-2H3,(H,25,32)(H,26,33)(H,27,31)/t18-/m0/s1. The summed E-state index contributed by atoms with van der Waals surface area (Å²) < 4.78 is 5.98. The molecule has 1 heterocycles. The van der Waals surface area contributed by atoms with Crippen LogP contribution in [-0.4, -0.2) is 51.3 Å². The number of anilines is 2. The molecule has 176 valence electrons. The molecule has 3 aromatic rings. The number of carbonyl (C=O) groups is 3. The van der Waals surface area contributed by atoms with Crippen LogP contribution in [0.2, 0.25) is 5.02 Å². The van der Waals surface area contributed by atoms with Gasteiger partial charge in [-0.05, 0) is 65.4 Å². The summed E-state index contributed by atoms with van der Waals surface area (Å²) in [5.41, 5.74) is 2.27. The normalized spacial score (nSPS) is 11.6. The topological polar surface area (TPSA) is 140 Å². The summed E-state index contributed by atoms with van der Waals surface area (Å²) in [6.07, 6.45) is 4.08. The molecule has 3 rings (SSSR count). The molecule has 34 heavy (non-hydrogen) atoms. The number of nitrogens with one attached hydrogen (secondary N) is 3. The molecule has 0 aliphatic heterocycles. The van der Waals surface area contributed by atoms with Crippen LogP contribution in [0.5, 0.6) is 0 Å². The predicted octanol–water partition coefficient (Wildman–Crippen LogP) is 3.04. The molecular formula is C22H22ClN7O4. The van der Waals surface area contributed by atoms with E-state index in [0.29, 0.717) is 34.1 Å². The van der Waals surface area contributed by atoms with E-state index < -0.39 is 18.0 Å². The lowest BCUT2D eigenvalue weighted by molar-refractivity contribution is -0.123. The first-order chi connectivity index (χ1) is 16.4. The second-order valence-corrected chi connectivity index (χ2v) is 7.38. The molecule has 3 N–H and O–H groups in total. The molecule has 1 aromatic heterocycles. The van der Waals surface area contributed by atoms with E-state index in [0.717, 1.165) is 0 Å². The zero-order valence-corrected chi connectivity index (χ0v) is 19.1. The number of ether oxygens (including phenoxy) is 1. The van der Waals surface area contributed by atoms with Gasteiger partial charge in [0.2, 0.25) is 11.8 Å². The van der Waals surface area contributed by atoms with Crippen LogP contribution in [0.4, 0.5) is 16.2 Å². The van der Waals surface area contributed by atoms with E-state index in [4.69, 9.17) is 11.6 Å². The molecule has 0 saturated carbocycles. The van der Waals surface area contributed by atoms with Crippen LogP contribution in [0.25, 0.3) is 11.8 Å². The molecule has 0 unspecified atom stereocenters. The fraction of sp³-hybridized carbons (Fsp3) is 0.182. The van der Waals surface area contributed by atoms with Crippen molar-refractivity contribution in [1.82, 2.24) is 25.5 Å². The monoisotopic (exact) mass is 483 g/mol. The summed E-state index contributed by atoms with van der Waals surface area (Å²) in [6.45, 7) is 1.78. The molecule has 0 radical (unpaired) electrons. The number of rotatable bonds is 8. The van der Waals surface area contributed by atoms with Gasteiger partial charge in [0.05, 0.1) is 12.8 Å². The first kappa shape index (κ1) is 24.4. The highest BCUT2D eigenvalue weighted by Crippen LogP contribution is 2.20. The fourth-order valence-electron chi connectivity index (χ4n) is 2.91. The van der Waals surface area contributed by atoms with E-state index in [-0.39, 0.29) is 5.91 Å². The second kappa shape index (κ2) is 11.6. The lowest BCUT2D eigenvalue weighted by Gasteiger charge is -2.16. The number of halogens is 1. The number of aromatic nitrogens is 4. The van der Waals surface area contributed by atoms with Gasteiger partial charge >= 0.3 is 6.09 Å². The Hall–Kier alpha value is -4.25. The van der Waals surface area contributed by atoms with Crippen molar-refractivity contribution in [3.05, 3.63) is 65.5 Å². The summed E-state index contributed by atoms with van der Waals surface area (Å²) in [7, 11) is 1.26. The van der Waals surface area contributed by atoms with Crippen LogP contribution >= 0.6 is 11.6 Å². The molecule has 0 aliphatic rings. The average Bonchev–Trinajstić information content (AvgIpc) is 3.37. The Kier molecular flexibility index (Phi) is 8.30. The highest BCUT2D eigenvalue weighted by Gasteiger charge is 2.18. The maximum atomic E-state index is 12.6. The molecule has 0 fully saturated rings. The van der Waals surface area contributed by atoms with Crippen LogP contribution in [0.1, 0.15) is 18.9 Å². The van der Waals surface area contributed by atoms with Gasteiger partial charge in [-0.1, -0.05) is 18.5 Å². The average molecular weight is 484 g/mol. The second-order valence-electron chi connectivity index (χ2n) is 6.94. The Morgan fingerprint density at radius 3 is 2.44 bits per heavy atom. The van der Waals surface area contributed by atoms with Gasteiger partial charge in [0, 0.05) is 28.0 Å². The molecular weight excluding hydrogens is 462 g/mol. The number of nitrogens with zero attached hydrogens (tertiary/aromatic N) is 4. The first-order valence-electron chi connectivity index (χ1n) is 10.2. The van der Waals surface area contributed by atoms with E-state index in [1.54, 1.807) is 55.5 Å². The molecule has 0 bridgehead atoms. The molecule has 11 nitrogen and oxygen atoms in total. The van der Waals surface area contributed by atoms with Gasteiger partial charge in [-0.2, -0.15) is 4.68 Å². The minimum Gasteiger partial charge on any atom is -0.453 e. The van der Waals surface area contributed by atoms with Crippen molar-refractivity contribution in [2.75, 3.05) is 17.7 Å².